The van der Waals surface area contributed by atoms with Crippen LogP contribution in [0.1, 0.15) is 36.7 Å². The molecule has 0 aromatic heterocycles. The molecule has 0 spiro atoms. The molecule has 0 saturated carbocycles. The summed E-state index contributed by atoms with van der Waals surface area (Å²) in [6, 6.07) is 15.6. The van der Waals surface area contributed by atoms with Gasteiger partial charge in [0.1, 0.15) is 0 Å². The van der Waals surface area contributed by atoms with Gasteiger partial charge in [-0.1, -0.05) is 45.1 Å². The maximum Gasteiger partial charge on any atom is 0.255 e. The Balaban J connectivity index is 1.60. The van der Waals surface area contributed by atoms with Crippen LogP contribution in [0.15, 0.2) is 54.6 Å². The first-order valence-electron chi connectivity index (χ1n) is 9.44. The highest BCUT2D eigenvalue weighted by Crippen LogP contribution is 2.20. The number of morpholine rings is 1. The fourth-order valence-electron chi connectivity index (χ4n) is 2.87. The van der Waals surface area contributed by atoms with E-state index < -0.39 is 0 Å². The number of hydrogen-bond donors (Lipinski definition) is 1. The van der Waals surface area contributed by atoms with Gasteiger partial charge in [-0.15, -0.1) is 0 Å². The van der Waals surface area contributed by atoms with Crippen molar-refractivity contribution in [2.75, 3.05) is 36.5 Å². The standard InChI is InChI=1S/C23H28N2O2/c1-23(2,3)13-12-18-4-6-19(7-5-18)22(26)24-20-8-10-21(11-9-20)25-14-16-27-17-15-25/h4-13H,14-17H2,1-3H3,(H,24,26)/b13-12+. The maximum atomic E-state index is 12.5. The van der Waals surface area contributed by atoms with Crippen LogP contribution in [0.5, 0.6) is 0 Å². The van der Waals surface area contributed by atoms with Crippen LogP contribution in [0.4, 0.5) is 11.4 Å². The van der Waals surface area contributed by atoms with Crippen molar-refractivity contribution in [3.8, 4) is 0 Å². The molecule has 0 atom stereocenters. The molecule has 1 aliphatic heterocycles. The largest absolute Gasteiger partial charge is 0.378 e. The summed E-state index contributed by atoms with van der Waals surface area (Å²) in [5.41, 5.74) is 3.85. The van der Waals surface area contributed by atoms with E-state index in [9.17, 15) is 4.79 Å². The maximum absolute atomic E-state index is 12.5. The van der Waals surface area contributed by atoms with Crippen molar-refractivity contribution in [3.63, 3.8) is 0 Å². The fraction of sp³-hybridized carbons (Fsp3) is 0.348. The molecule has 0 unspecified atom stereocenters. The van der Waals surface area contributed by atoms with Gasteiger partial charge in [-0.2, -0.15) is 0 Å². The Morgan fingerprint density at radius 2 is 1.63 bits per heavy atom. The Labute approximate surface area is 161 Å². The second-order valence-electron chi connectivity index (χ2n) is 7.92. The van der Waals surface area contributed by atoms with Crippen molar-refractivity contribution in [2.45, 2.75) is 20.8 Å². The van der Waals surface area contributed by atoms with Crippen LogP contribution in [0.2, 0.25) is 0 Å². The third-order valence-electron chi connectivity index (χ3n) is 4.45. The molecule has 1 fully saturated rings. The van der Waals surface area contributed by atoms with Crippen molar-refractivity contribution in [1.82, 2.24) is 0 Å². The number of ether oxygens (including phenoxy) is 1. The molecule has 1 heterocycles. The first-order chi connectivity index (χ1) is 12.9. The average molecular weight is 364 g/mol. The number of nitrogens with one attached hydrogen (secondary N) is 1. The van der Waals surface area contributed by atoms with E-state index in [1.54, 1.807) is 0 Å². The highest BCUT2D eigenvalue weighted by Gasteiger charge is 2.11. The number of rotatable bonds is 4. The molecule has 2 aromatic rings. The van der Waals surface area contributed by atoms with Gasteiger partial charge in [0.25, 0.3) is 5.91 Å². The average Bonchev–Trinajstić information content (AvgIpc) is 2.67. The summed E-state index contributed by atoms with van der Waals surface area (Å²) in [6.45, 7) is 9.82. The van der Waals surface area contributed by atoms with Gasteiger partial charge in [0.05, 0.1) is 13.2 Å². The predicted molar refractivity (Wildman–Crippen MR) is 112 cm³/mol. The van der Waals surface area contributed by atoms with Crippen LogP contribution >= 0.6 is 0 Å². The van der Waals surface area contributed by atoms with Gasteiger partial charge in [0, 0.05) is 30.0 Å². The van der Waals surface area contributed by atoms with Crippen molar-refractivity contribution in [1.29, 1.82) is 0 Å². The SMILES string of the molecule is CC(C)(C)/C=C/c1ccc(C(=O)Nc2ccc(N3CCOCC3)cc2)cc1. The molecule has 3 rings (SSSR count). The molecule has 1 N–H and O–H groups in total. The molecule has 1 saturated heterocycles. The second kappa shape index (κ2) is 8.40. The van der Waals surface area contributed by atoms with Gasteiger partial charge >= 0.3 is 0 Å². The first-order valence-corrected chi connectivity index (χ1v) is 9.44. The quantitative estimate of drug-likeness (QED) is 0.844. The number of nitrogens with zero attached hydrogens (tertiary/aromatic N) is 1. The van der Waals surface area contributed by atoms with Crippen molar-refractivity contribution in [3.05, 3.63) is 65.7 Å². The number of carbonyl (C=O) groups is 1. The summed E-state index contributed by atoms with van der Waals surface area (Å²) >= 11 is 0. The van der Waals surface area contributed by atoms with Gasteiger partial charge in [-0.25, -0.2) is 0 Å². The number of amides is 1. The first kappa shape index (κ1) is 19.2. The molecular weight excluding hydrogens is 336 g/mol. The third kappa shape index (κ3) is 5.69. The van der Waals surface area contributed by atoms with E-state index in [2.05, 4.69) is 43.1 Å². The molecule has 4 nitrogen and oxygen atoms in total. The van der Waals surface area contributed by atoms with Crippen molar-refractivity contribution in [2.24, 2.45) is 5.41 Å². The van der Waals surface area contributed by atoms with E-state index in [1.165, 1.54) is 0 Å². The Morgan fingerprint density at radius 1 is 1.00 bits per heavy atom. The minimum Gasteiger partial charge on any atom is -0.378 e. The summed E-state index contributed by atoms with van der Waals surface area (Å²) in [4.78, 5) is 14.8. The summed E-state index contributed by atoms with van der Waals surface area (Å²) in [6.07, 6.45) is 4.25. The highest BCUT2D eigenvalue weighted by atomic mass is 16.5. The van der Waals surface area contributed by atoms with Gasteiger partial charge in [0.2, 0.25) is 0 Å². The molecule has 4 heteroatoms. The molecule has 0 radical (unpaired) electrons. The number of allylic oxidation sites excluding steroid dienone is 1. The monoisotopic (exact) mass is 364 g/mol. The Hall–Kier alpha value is -2.59. The van der Waals surface area contributed by atoms with Crippen LogP contribution in [-0.2, 0) is 4.74 Å². The van der Waals surface area contributed by atoms with E-state index >= 15 is 0 Å². The van der Waals surface area contributed by atoms with Crippen LogP contribution in [0.25, 0.3) is 6.08 Å². The smallest absolute Gasteiger partial charge is 0.255 e. The predicted octanol–water partition coefficient (Wildman–Crippen LogP) is 4.83. The minimum absolute atomic E-state index is 0.0968. The lowest BCUT2D eigenvalue weighted by Gasteiger charge is -2.28. The molecule has 1 amide bonds. The van der Waals surface area contributed by atoms with Crippen LogP contribution < -0.4 is 10.2 Å². The lowest BCUT2D eigenvalue weighted by molar-refractivity contribution is 0.102. The highest BCUT2D eigenvalue weighted by molar-refractivity contribution is 6.04. The fourth-order valence-corrected chi connectivity index (χ4v) is 2.87. The zero-order valence-corrected chi connectivity index (χ0v) is 16.4. The number of benzene rings is 2. The number of hydrogen-bond acceptors (Lipinski definition) is 3. The molecule has 142 valence electrons. The van der Waals surface area contributed by atoms with Gasteiger partial charge in [-0.3, -0.25) is 4.79 Å². The van der Waals surface area contributed by atoms with Crippen LogP contribution in [-0.4, -0.2) is 32.2 Å². The molecule has 0 aliphatic carbocycles. The molecule has 27 heavy (non-hydrogen) atoms. The summed E-state index contributed by atoms with van der Waals surface area (Å²) in [5, 5.41) is 2.96. The molecule has 1 aliphatic rings. The lowest BCUT2D eigenvalue weighted by Crippen LogP contribution is -2.36. The molecule has 0 bridgehead atoms. The Bertz CT molecular complexity index is 781. The topological polar surface area (TPSA) is 41.6 Å². The summed E-state index contributed by atoms with van der Waals surface area (Å²) in [7, 11) is 0. The van der Waals surface area contributed by atoms with E-state index in [0.717, 1.165) is 43.2 Å². The number of carbonyl (C=O) groups excluding carboxylic acids is 1. The zero-order chi connectivity index (χ0) is 19.3. The minimum atomic E-state index is -0.0968. The normalized spacial score (nSPS) is 15.1. The van der Waals surface area contributed by atoms with E-state index in [4.69, 9.17) is 4.74 Å². The summed E-state index contributed by atoms with van der Waals surface area (Å²) in [5.74, 6) is -0.0968. The van der Waals surface area contributed by atoms with E-state index in [1.807, 2.05) is 48.5 Å². The van der Waals surface area contributed by atoms with Gasteiger partial charge in [-0.05, 0) is 47.4 Å². The van der Waals surface area contributed by atoms with Gasteiger partial charge < -0.3 is 15.0 Å². The van der Waals surface area contributed by atoms with Gasteiger partial charge in [0.15, 0.2) is 0 Å². The Morgan fingerprint density at radius 3 is 2.22 bits per heavy atom. The number of anilines is 2. The zero-order valence-electron chi connectivity index (χ0n) is 16.4. The van der Waals surface area contributed by atoms with Crippen LogP contribution in [0.3, 0.4) is 0 Å². The second-order valence-corrected chi connectivity index (χ2v) is 7.92. The van der Waals surface area contributed by atoms with E-state index in [0.29, 0.717) is 5.56 Å². The Kier molecular flexibility index (Phi) is 5.97. The van der Waals surface area contributed by atoms with Crippen molar-refractivity contribution >= 4 is 23.4 Å². The molecule has 2 aromatic carbocycles. The lowest BCUT2D eigenvalue weighted by atomic mass is 9.95. The van der Waals surface area contributed by atoms with E-state index in [-0.39, 0.29) is 11.3 Å². The molecular formula is C23H28N2O2. The summed E-state index contributed by atoms with van der Waals surface area (Å²) < 4.78 is 5.38. The van der Waals surface area contributed by atoms with Crippen LogP contribution in [0, 0.1) is 5.41 Å². The van der Waals surface area contributed by atoms with Crippen molar-refractivity contribution < 1.29 is 9.53 Å². The third-order valence-corrected chi connectivity index (χ3v) is 4.45.